The molecule has 6 heteroatoms. The fourth-order valence-corrected chi connectivity index (χ4v) is 2.63. The van der Waals surface area contributed by atoms with Crippen molar-refractivity contribution in [2.45, 2.75) is 47.6 Å². The third-order valence-electron chi connectivity index (χ3n) is 4.05. The number of aromatic nitrogens is 1. The Hall–Kier alpha value is -1.57. The number of halogens is 1. The molecule has 0 saturated carbocycles. The standard InChI is InChI=1S/C20H30N4O.HI/c1-6-21-19(22-13-18-24-15(2)16(3)25-18)23-14-20(4,5)12-17-10-8-7-9-11-17;/h7-11H,6,12-14H2,1-5H3,(H2,21,22,23);1H. The molecule has 0 radical (unpaired) electrons. The first-order chi connectivity index (χ1) is 11.9. The molecule has 5 nitrogen and oxygen atoms in total. The minimum absolute atomic E-state index is 0. The van der Waals surface area contributed by atoms with E-state index in [1.165, 1.54) is 5.56 Å². The highest BCUT2D eigenvalue weighted by Gasteiger charge is 2.19. The summed E-state index contributed by atoms with van der Waals surface area (Å²) in [6.45, 7) is 12.5. The second kappa shape index (κ2) is 10.5. The van der Waals surface area contributed by atoms with Crippen LogP contribution in [-0.2, 0) is 13.0 Å². The van der Waals surface area contributed by atoms with E-state index in [1.807, 2.05) is 13.8 Å². The van der Waals surface area contributed by atoms with E-state index in [-0.39, 0.29) is 29.4 Å². The molecule has 0 atom stereocenters. The molecular weight excluding hydrogens is 439 g/mol. The van der Waals surface area contributed by atoms with E-state index in [4.69, 9.17) is 4.42 Å². The van der Waals surface area contributed by atoms with Gasteiger partial charge in [0, 0.05) is 13.1 Å². The first-order valence-corrected chi connectivity index (χ1v) is 8.88. The second-order valence-corrected chi connectivity index (χ2v) is 7.12. The lowest BCUT2D eigenvalue weighted by Gasteiger charge is -2.26. The number of hydrogen-bond acceptors (Lipinski definition) is 3. The van der Waals surface area contributed by atoms with Gasteiger partial charge in [-0.15, -0.1) is 24.0 Å². The molecule has 2 rings (SSSR count). The fourth-order valence-electron chi connectivity index (χ4n) is 2.63. The van der Waals surface area contributed by atoms with Gasteiger partial charge >= 0.3 is 0 Å². The van der Waals surface area contributed by atoms with Crippen LogP contribution in [0.25, 0.3) is 0 Å². The smallest absolute Gasteiger partial charge is 0.216 e. The maximum Gasteiger partial charge on any atom is 0.216 e. The van der Waals surface area contributed by atoms with E-state index in [2.05, 4.69) is 71.7 Å². The highest BCUT2D eigenvalue weighted by molar-refractivity contribution is 14.0. The van der Waals surface area contributed by atoms with Crippen molar-refractivity contribution in [3.8, 4) is 0 Å². The SMILES string of the molecule is CCNC(=NCc1nc(C)c(C)o1)NCC(C)(C)Cc1ccccc1.I. The third-order valence-corrected chi connectivity index (χ3v) is 4.05. The molecule has 0 aliphatic rings. The zero-order valence-corrected chi connectivity index (χ0v) is 18.8. The molecule has 0 aliphatic heterocycles. The van der Waals surface area contributed by atoms with Gasteiger partial charge in [0.25, 0.3) is 0 Å². The summed E-state index contributed by atoms with van der Waals surface area (Å²) in [7, 11) is 0. The summed E-state index contributed by atoms with van der Waals surface area (Å²) >= 11 is 0. The van der Waals surface area contributed by atoms with Crippen LogP contribution in [0, 0.1) is 19.3 Å². The number of guanidine groups is 1. The van der Waals surface area contributed by atoms with E-state index in [0.29, 0.717) is 12.4 Å². The molecule has 0 bridgehead atoms. The maximum atomic E-state index is 5.59. The lowest BCUT2D eigenvalue weighted by Crippen LogP contribution is -2.42. The van der Waals surface area contributed by atoms with Crippen LogP contribution in [0.3, 0.4) is 0 Å². The number of nitrogens with one attached hydrogen (secondary N) is 2. The lowest BCUT2D eigenvalue weighted by atomic mass is 9.86. The molecule has 0 saturated heterocycles. The molecule has 1 heterocycles. The summed E-state index contributed by atoms with van der Waals surface area (Å²) in [6, 6.07) is 10.6. The van der Waals surface area contributed by atoms with E-state index in [1.54, 1.807) is 0 Å². The molecule has 144 valence electrons. The Morgan fingerprint density at radius 1 is 1.15 bits per heavy atom. The zero-order chi connectivity index (χ0) is 18.3. The summed E-state index contributed by atoms with van der Waals surface area (Å²) in [5, 5.41) is 6.72. The van der Waals surface area contributed by atoms with Gasteiger partial charge in [0.1, 0.15) is 12.3 Å². The Kier molecular flexibility index (Phi) is 9.12. The van der Waals surface area contributed by atoms with Gasteiger partial charge in [-0.2, -0.15) is 0 Å². The molecule has 0 unspecified atom stereocenters. The van der Waals surface area contributed by atoms with Crippen LogP contribution in [0.4, 0.5) is 0 Å². The number of hydrogen-bond donors (Lipinski definition) is 2. The first kappa shape index (κ1) is 22.5. The van der Waals surface area contributed by atoms with Crippen LogP contribution < -0.4 is 10.6 Å². The molecule has 2 N–H and O–H groups in total. The van der Waals surface area contributed by atoms with Gasteiger partial charge in [0.2, 0.25) is 5.89 Å². The average Bonchev–Trinajstić information content (AvgIpc) is 2.89. The molecule has 26 heavy (non-hydrogen) atoms. The van der Waals surface area contributed by atoms with Crippen LogP contribution >= 0.6 is 24.0 Å². The number of benzene rings is 1. The van der Waals surface area contributed by atoms with Crippen molar-refractivity contribution >= 4 is 29.9 Å². The fraction of sp³-hybridized carbons (Fsp3) is 0.500. The van der Waals surface area contributed by atoms with E-state index >= 15 is 0 Å². The van der Waals surface area contributed by atoms with Crippen LogP contribution in [0.1, 0.15) is 43.7 Å². The number of nitrogens with zero attached hydrogens (tertiary/aromatic N) is 2. The summed E-state index contributed by atoms with van der Waals surface area (Å²) < 4.78 is 5.59. The Morgan fingerprint density at radius 3 is 2.42 bits per heavy atom. The van der Waals surface area contributed by atoms with Crippen LogP contribution in [0.15, 0.2) is 39.7 Å². The lowest BCUT2D eigenvalue weighted by molar-refractivity contribution is 0.359. The van der Waals surface area contributed by atoms with E-state index in [0.717, 1.165) is 36.9 Å². The van der Waals surface area contributed by atoms with Crippen molar-refractivity contribution in [1.29, 1.82) is 0 Å². The third kappa shape index (κ3) is 7.35. The van der Waals surface area contributed by atoms with Gasteiger partial charge < -0.3 is 15.1 Å². The highest BCUT2D eigenvalue weighted by atomic mass is 127. The largest absolute Gasteiger partial charge is 0.444 e. The van der Waals surface area contributed by atoms with Crippen molar-refractivity contribution in [2.24, 2.45) is 10.4 Å². The van der Waals surface area contributed by atoms with Gasteiger partial charge in [0.15, 0.2) is 5.96 Å². The highest BCUT2D eigenvalue weighted by Crippen LogP contribution is 2.20. The summed E-state index contributed by atoms with van der Waals surface area (Å²) in [6.07, 6.45) is 1.01. The molecule has 1 aromatic heterocycles. The summed E-state index contributed by atoms with van der Waals surface area (Å²) in [5.74, 6) is 2.29. The number of oxazole rings is 1. The molecule has 0 fully saturated rings. The van der Waals surface area contributed by atoms with Crippen LogP contribution in [0.5, 0.6) is 0 Å². The van der Waals surface area contributed by atoms with Gasteiger partial charge in [-0.05, 0) is 38.2 Å². The first-order valence-electron chi connectivity index (χ1n) is 8.88. The van der Waals surface area contributed by atoms with Crippen molar-refractivity contribution in [3.63, 3.8) is 0 Å². The minimum atomic E-state index is 0. The van der Waals surface area contributed by atoms with Crippen LogP contribution in [-0.4, -0.2) is 24.0 Å². The maximum absolute atomic E-state index is 5.59. The van der Waals surface area contributed by atoms with Gasteiger partial charge in [-0.1, -0.05) is 44.2 Å². The normalized spacial score (nSPS) is 11.8. The van der Waals surface area contributed by atoms with Gasteiger partial charge in [-0.25, -0.2) is 9.98 Å². The predicted octanol–water partition coefficient (Wildman–Crippen LogP) is 4.23. The molecular formula is C20H31IN4O. The zero-order valence-electron chi connectivity index (χ0n) is 16.4. The molecule has 2 aromatic rings. The van der Waals surface area contributed by atoms with E-state index < -0.39 is 0 Å². The minimum Gasteiger partial charge on any atom is -0.444 e. The quantitative estimate of drug-likeness (QED) is 0.361. The Bertz CT molecular complexity index is 676. The van der Waals surface area contributed by atoms with E-state index in [9.17, 15) is 0 Å². The Labute approximate surface area is 174 Å². The number of rotatable bonds is 7. The molecule has 1 aromatic carbocycles. The Balaban J connectivity index is 0.00000338. The number of aryl methyl sites for hydroxylation is 2. The van der Waals surface area contributed by atoms with Crippen molar-refractivity contribution < 1.29 is 4.42 Å². The topological polar surface area (TPSA) is 62.5 Å². The predicted molar refractivity (Wildman–Crippen MR) is 118 cm³/mol. The molecule has 0 amide bonds. The Morgan fingerprint density at radius 2 is 1.85 bits per heavy atom. The van der Waals surface area contributed by atoms with Crippen molar-refractivity contribution in [3.05, 3.63) is 53.2 Å². The molecule has 0 aliphatic carbocycles. The van der Waals surface area contributed by atoms with Crippen LogP contribution in [0.2, 0.25) is 0 Å². The molecule has 0 spiro atoms. The van der Waals surface area contributed by atoms with Gasteiger partial charge in [-0.3, -0.25) is 0 Å². The average molecular weight is 470 g/mol. The van der Waals surface area contributed by atoms with Gasteiger partial charge in [0.05, 0.1) is 5.69 Å². The summed E-state index contributed by atoms with van der Waals surface area (Å²) in [4.78, 5) is 8.96. The number of aliphatic imine (C=N–C) groups is 1. The van der Waals surface area contributed by atoms with Crippen molar-refractivity contribution in [2.75, 3.05) is 13.1 Å². The second-order valence-electron chi connectivity index (χ2n) is 7.12. The summed E-state index contributed by atoms with van der Waals surface area (Å²) in [5.41, 5.74) is 2.39. The monoisotopic (exact) mass is 470 g/mol. The van der Waals surface area contributed by atoms with Crippen molar-refractivity contribution in [1.82, 2.24) is 15.6 Å².